The summed E-state index contributed by atoms with van der Waals surface area (Å²) < 4.78 is 4.96. The molecule has 0 radical (unpaired) electrons. The summed E-state index contributed by atoms with van der Waals surface area (Å²) in [6, 6.07) is 0. The van der Waals surface area contributed by atoms with E-state index in [1.165, 1.54) is 0 Å². The summed E-state index contributed by atoms with van der Waals surface area (Å²) in [6.45, 7) is 4.16. The van der Waals surface area contributed by atoms with E-state index in [0.29, 0.717) is 6.61 Å². The Kier molecular flexibility index (Phi) is 4.20. The van der Waals surface area contributed by atoms with E-state index in [9.17, 15) is 4.79 Å². The molecule has 0 saturated heterocycles. The van der Waals surface area contributed by atoms with Crippen LogP contribution in [-0.4, -0.2) is 32.2 Å². The van der Waals surface area contributed by atoms with E-state index in [4.69, 9.17) is 10.5 Å². The van der Waals surface area contributed by atoms with Crippen LogP contribution < -0.4 is 11.1 Å². The van der Waals surface area contributed by atoms with Crippen molar-refractivity contribution in [1.29, 1.82) is 0 Å². The second-order valence-corrected chi connectivity index (χ2v) is 3.17. The van der Waals surface area contributed by atoms with Gasteiger partial charge in [-0.1, -0.05) is 13.8 Å². The minimum Gasteiger partial charge on any atom is -0.382 e. The van der Waals surface area contributed by atoms with Gasteiger partial charge in [0.2, 0.25) is 5.91 Å². The van der Waals surface area contributed by atoms with E-state index in [2.05, 4.69) is 5.32 Å². The van der Waals surface area contributed by atoms with Crippen LogP contribution in [0.1, 0.15) is 13.8 Å². The Bertz CT molecular complexity index is 159. The molecule has 0 aliphatic heterocycles. The predicted molar refractivity (Wildman–Crippen MR) is 47.7 cm³/mol. The third-order valence-electron chi connectivity index (χ3n) is 2.24. The maximum absolute atomic E-state index is 11.2. The zero-order valence-electron chi connectivity index (χ0n) is 8.18. The first-order chi connectivity index (χ1) is 5.51. The van der Waals surface area contributed by atoms with Crippen LogP contribution in [0, 0.1) is 5.92 Å². The highest BCUT2D eigenvalue weighted by Crippen LogP contribution is 2.16. The zero-order valence-corrected chi connectivity index (χ0v) is 8.18. The average Bonchev–Trinajstić information content (AvgIpc) is 1.98. The first-order valence-corrected chi connectivity index (χ1v) is 3.99. The largest absolute Gasteiger partial charge is 0.382 e. The fourth-order valence-corrected chi connectivity index (χ4v) is 1.23. The number of amides is 1. The summed E-state index contributed by atoms with van der Waals surface area (Å²) in [6.07, 6.45) is 0. The van der Waals surface area contributed by atoms with Gasteiger partial charge < -0.3 is 15.8 Å². The summed E-state index contributed by atoms with van der Waals surface area (Å²) >= 11 is 0. The number of methoxy groups -OCH3 is 1. The summed E-state index contributed by atoms with van der Waals surface area (Å²) in [5.41, 5.74) is 4.55. The topological polar surface area (TPSA) is 64.3 Å². The molecule has 1 unspecified atom stereocenters. The maximum atomic E-state index is 11.2. The normalized spacial score (nSPS) is 16.1. The second kappa shape index (κ2) is 4.42. The van der Waals surface area contributed by atoms with E-state index >= 15 is 0 Å². The molecule has 1 atom stereocenters. The molecule has 0 aliphatic carbocycles. The molecule has 1 amide bonds. The number of nitrogens with one attached hydrogen (secondary N) is 1. The highest BCUT2D eigenvalue weighted by molar-refractivity contribution is 5.85. The molecule has 0 rings (SSSR count). The molecule has 72 valence electrons. The van der Waals surface area contributed by atoms with Crippen LogP contribution in [0.4, 0.5) is 0 Å². The van der Waals surface area contributed by atoms with E-state index in [1.54, 1.807) is 14.2 Å². The van der Waals surface area contributed by atoms with Gasteiger partial charge in [-0.2, -0.15) is 0 Å². The molecule has 12 heavy (non-hydrogen) atoms. The van der Waals surface area contributed by atoms with Crippen molar-refractivity contribution in [3.63, 3.8) is 0 Å². The van der Waals surface area contributed by atoms with Gasteiger partial charge in [0.25, 0.3) is 0 Å². The third kappa shape index (κ3) is 1.95. The van der Waals surface area contributed by atoms with Crippen LogP contribution >= 0.6 is 0 Å². The van der Waals surface area contributed by atoms with E-state index in [0.717, 1.165) is 0 Å². The van der Waals surface area contributed by atoms with Crippen LogP contribution in [0.3, 0.4) is 0 Å². The van der Waals surface area contributed by atoms with Gasteiger partial charge in [-0.25, -0.2) is 0 Å². The third-order valence-corrected chi connectivity index (χ3v) is 2.24. The van der Waals surface area contributed by atoms with E-state index < -0.39 is 5.54 Å². The molecule has 0 saturated carbocycles. The predicted octanol–water partition coefficient (Wildman–Crippen LogP) is -0.268. The number of hydrogen-bond donors (Lipinski definition) is 2. The molecule has 0 aromatic heterocycles. The van der Waals surface area contributed by atoms with E-state index in [-0.39, 0.29) is 11.8 Å². The van der Waals surface area contributed by atoms with Gasteiger partial charge in [0.15, 0.2) is 0 Å². The van der Waals surface area contributed by atoms with Crippen LogP contribution in [0.15, 0.2) is 0 Å². The number of rotatable bonds is 5. The van der Waals surface area contributed by atoms with Crippen molar-refractivity contribution in [3.8, 4) is 0 Å². The number of ether oxygens (including phenoxy) is 1. The molecular formula is C8H18N2O2. The number of nitrogens with two attached hydrogens (primary N) is 1. The van der Waals surface area contributed by atoms with Crippen molar-refractivity contribution in [2.45, 2.75) is 19.4 Å². The molecule has 0 aromatic carbocycles. The summed E-state index contributed by atoms with van der Waals surface area (Å²) in [5, 5.41) is 2.92. The molecule has 3 N–H and O–H groups in total. The zero-order chi connectivity index (χ0) is 9.78. The Labute approximate surface area is 73.5 Å². The van der Waals surface area contributed by atoms with Gasteiger partial charge in [0, 0.05) is 7.11 Å². The standard InChI is InChI=1S/C8H18N2O2/c1-6(2)8(10-3,5-12-4)7(9)11/h6,10H,5H2,1-4H3,(H2,9,11). The lowest BCUT2D eigenvalue weighted by Crippen LogP contribution is -2.60. The van der Waals surface area contributed by atoms with Crippen molar-refractivity contribution in [3.05, 3.63) is 0 Å². The lowest BCUT2D eigenvalue weighted by molar-refractivity contribution is -0.128. The maximum Gasteiger partial charge on any atom is 0.240 e. The molecule has 4 nitrogen and oxygen atoms in total. The van der Waals surface area contributed by atoms with E-state index in [1.807, 2.05) is 13.8 Å². The Morgan fingerprint density at radius 3 is 2.25 bits per heavy atom. The Balaban J connectivity index is 4.63. The minimum atomic E-state index is -0.741. The number of carbonyl (C=O) groups is 1. The Morgan fingerprint density at radius 2 is 2.17 bits per heavy atom. The van der Waals surface area contributed by atoms with Crippen molar-refractivity contribution in [2.24, 2.45) is 11.7 Å². The number of likely N-dealkylation sites (N-methyl/N-ethyl adjacent to an activating group) is 1. The van der Waals surface area contributed by atoms with Crippen LogP contribution in [0.25, 0.3) is 0 Å². The fourth-order valence-electron chi connectivity index (χ4n) is 1.23. The molecular weight excluding hydrogens is 156 g/mol. The Morgan fingerprint density at radius 1 is 1.67 bits per heavy atom. The number of primary amides is 1. The van der Waals surface area contributed by atoms with Crippen LogP contribution in [0.5, 0.6) is 0 Å². The van der Waals surface area contributed by atoms with Gasteiger partial charge in [-0.3, -0.25) is 4.79 Å². The SMILES string of the molecule is CNC(COC)(C(N)=O)C(C)C. The molecule has 0 heterocycles. The summed E-state index contributed by atoms with van der Waals surface area (Å²) in [4.78, 5) is 11.2. The minimum absolute atomic E-state index is 0.111. The van der Waals surface area contributed by atoms with Crippen LogP contribution in [0.2, 0.25) is 0 Å². The molecule has 0 spiro atoms. The van der Waals surface area contributed by atoms with Crippen molar-refractivity contribution >= 4 is 5.91 Å². The summed E-state index contributed by atoms with van der Waals surface area (Å²) in [5.74, 6) is -0.262. The highest BCUT2D eigenvalue weighted by Gasteiger charge is 2.38. The second-order valence-electron chi connectivity index (χ2n) is 3.17. The van der Waals surface area contributed by atoms with Crippen molar-refractivity contribution in [2.75, 3.05) is 20.8 Å². The highest BCUT2D eigenvalue weighted by atomic mass is 16.5. The monoisotopic (exact) mass is 174 g/mol. The quantitative estimate of drug-likeness (QED) is 0.603. The molecule has 4 heteroatoms. The molecule has 0 aromatic rings. The first kappa shape index (κ1) is 11.4. The van der Waals surface area contributed by atoms with Crippen molar-refractivity contribution < 1.29 is 9.53 Å². The van der Waals surface area contributed by atoms with Crippen molar-refractivity contribution in [1.82, 2.24) is 5.32 Å². The number of carbonyl (C=O) groups excluding carboxylic acids is 1. The molecule has 0 bridgehead atoms. The van der Waals surface area contributed by atoms with Gasteiger partial charge in [-0.05, 0) is 13.0 Å². The smallest absolute Gasteiger partial charge is 0.240 e. The summed E-state index contributed by atoms with van der Waals surface area (Å²) in [7, 11) is 3.27. The lowest BCUT2D eigenvalue weighted by Gasteiger charge is -2.33. The molecule has 0 fully saturated rings. The van der Waals surface area contributed by atoms with Gasteiger partial charge >= 0.3 is 0 Å². The first-order valence-electron chi connectivity index (χ1n) is 3.99. The Hall–Kier alpha value is -0.610. The number of hydrogen-bond acceptors (Lipinski definition) is 3. The lowest BCUT2D eigenvalue weighted by atomic mass is 9.86. The van der Waals surface area contributed by atoms with Gasteiger partial charge in [0.05, 0.1) is 6.61 Å². The molecule has 0 aliphatic rings. The fraction of sp³-hybridized carbons (Fsp3) is 0.875. The average molecular weight is 174 g/mol. The van der Waals surface area contributed by atoms with Gasteiger partial charge in [0.1, 0.15) is 5.54 Å². The van der Waals surface area contributed by atoms with Crippen LogP contribution in [-0.2, 0) is 9.53 Å². The van der Waals surface area contributed by atoms with Gasteiger partial charge in [-0.15, -0.1) is 0 Å².